The highest BCUT2D eigenvalue weighted by molar-refractivity contribution is 7.71. The number of benzene rings is 1. The molecule has 1 N–H and O–H groups in total. The van der Waals surface area contributed by atoms with Crippen LogP contribution in [0.2, 0.25) is 5.02 Å². The summed E-state index contributed by atoms with van der Waals surface area (Å²) in [7, 11) is 0. The van der Waals surface area contributed by atoms with Crippen LogP contribution in [0.25, 0.3) is 21.7 Å². The number of fused-ring (bicyclic) bond motifs is 5. The molecule has 0 amide bonds. The maximum Gasteiger partial charge on any atom is 0.268 e. The van der Waals surface area contributed by atoms with E-state index in [4.69, 9.17) is 23.8 Å². The maximum absolute atomic E-state index is 13.5. The molecule has 1 aliphatic carbocycles. The molecule has 5 nitrogen and oxygen atoms in total. The molecule has 3 aromatic heterocycles. The number of rotatable bonds is 1. The number of nitrogens with zero attached hydrogens (tertiary/aromatic N) is 3. The van der Waals surface area contributed by atoms with Crippen molar-refractivity contribution in [1.82, 2.24) is 19.2 Å². The molecule has 0 fully saturated rings. The smallest absolute Gasteiger partial charge is 0.268 e. The van der Waals surface area contributed by atoms with E-state index < -0.39 is 0 Å². The van der Waals surface area contributed by atoms with Gasteiger partial charge < -0.3 is 0 Å². The lowest BCUT2D eigenvalue weighted by molar-refractivity contribution is 0.508. The lowest BCUT2D eigenvalue weighted by atomic mass is 9.89. The summed E-state index contributed by atoms with van der Waals surface area (Å²) in [4.78, 5) is 15.7. The van der Waals surface area contributed by atoms with E-state index in [2.05, 4.69) is 17.1 Å². The lowest BCUT2D eigenvalue weighted by Gasteiger charge is -2.17. The van der Waals surface area contributed by atoms with Crippen LogP contribution in [-0.2, 0) is 12.8 Å². The topological polar surface area (TPSA) is 55.1 Å². The van der Waals surface area contributed by atoms with Gasteiger partial charge in [-0.1, -0.05) is 18.5 Å². The van der Waals surface area contributed by atoms with Crippen LogP contribution >= 0.6 is 35.2 Å². The first-order chi connectivity index (χ1) is 12.5. The fourth-order valence-corrected chi connectivity index (χ4v) is 5.51. The number of thiophene rings is 1. The van der Waals surface area contributed by atoms with E-state index in [0.29, 0.717) is 21.5 Å². The number of hydrogen-bond acceptors (Lipinski definition) is 4. The average Bonchev–Trinajstić information content (AvgIpc) is 3.17. The van der Waals surface area contributed by atoms with Gasteiger partial charge in [-0.2, -0.15) is 0 Å². The first-order valence-corrected chi connectivity index (χ1v) is 10.1. The van der Waals surface area contributed by atoms with Gasteiger partial charge in [0.25, 0.3) is 5.56 Å². The zero-order chi connectivity index (χ0) is 18.0. The molecular weight excluding hydrogens is 388 g/mol. The van der Waals surface area contributed by atoms with Gasteiger partial charge in [0.1, 0.15) is 4.83 Å². The third-order valence-electron chi connectivity index (χ3n) is 5.05. The second kappa shape index (κ2) is 5.77. The van der Waals surface area contributed by atoms with Gasteiger partial charge in [-0.15, -0.1) is 16.4 Å². The quantitative estimate of drug-likeness (QED) is 0.476. The number of H-pyrrole nitrogens is 1. The normalized spacial score (nSPS) is 17.1. The zero-order valence-electron chi connectivity index (χ0n) is 14.0. The van der Waals surface area contributed by atoms with E-state index in [9.17, 15) is 4.79 Å². The van der Waals surface area contributed by atoms with Gasteiger partial charge >= 0.3 is 0 Å². The molecule has 1 atom stereocenters. The van der Waals surface area contributed by atoms with Gasteiger partial charge in [0, 0.05) is 9.90 Å². The van der Waals surface area contributed by atoms with Crippen LogP contribution in [-0.4, -0.2) is 19.2 Å². The van der Waals surface area contributed by atoms with Gasteiger partial charge in [-0.3, -0.25) is 4.79 Å². The predicted octanol–water partition coefficient (Wildman–Crippen LogP) is 4.54. The Kier molecular flexibility index (Phi) is 3.60. The summed E-state index contributed by atoms with van der Waals surface area (Å²) >= 11 is 13.2. The highest BCUT2D eigenvalue weighted by Crippen LogP contribution is 2.37. The van der Waals surface area contributed by atoms with Crippen molar-refractivity contribution < 1.29 is 0 Å². The minimum Gasteiger partial charge on any atom is -0.268 e. The Morgan fingerprint density at radius 3 is 2.88 bits per heavy atom. The predicted molar refractivity (Wildman–Crippen MR) is 108 cm³/mol. The van der Waals surface area contributed by atoms with Crippen LogP contribution in [0.5, 0.6) is 0 Å². The molecular formula is C18H15ClN4OS2. The van der Waals surface area contributed by atoms with Crippen LogP contribution in [0.4, 0.5) is 0 Å². The molecule has 1 aliphatic rings. The summed E-state index contributed by atoms with van der Waals surface area (Å²) in [6.07, 6.45) is 3.11. The molecule has 0 saturated heterocycles. The Morgan fingerprint density at radius 2 is 2.12 bits per heavy atom. The molecule has 0 aliphatic heterocycles. The summed E-state index contributed by atoms with van der Waals surface area (Å²) in [5.74, 6) is 1.08. The molecule has 0 bridgehead atoms. The second-order valence-electron chi connectivity index (χ2n) is 6.81. The van der Waals surface area contributed by atoms with Crippen LogP contribution in [0.15, 0.2) is 29.1 Å². The number of aromatic amines is 1. The minimum absolute atomic E-state index is 0.0459. The summed E-state index contributed by atoms with van der Waals surface area (Å²) in [6, 6.07) is 7.20. The van der Waals surface area contributed by atoms with Crippen LogP contribution in [0.3, 0.4) is 0 Å². The molecule has 26 heavy (non-hydrogen) atoms. The van der Waals surface area contributed by atoms with Gasteiger partial charge in [0.15, 0.2) is 0 Å². The first-order valence-electron chi connectivity index (χ1n) is 8.47. The second-order valence-corrected chi connectivity index (χ2v) is 8.72. The first kappa shape index (κ1) is 16.2. The van der Waals surface area contributed by atoms with Crippen LogP contribution in [0, 0.1) is 10.7 Å². The van der Waals surface area contributed by atoms with E-state index in [1.165, 1.54) is 10.4 Å². The Morgan fingerprint density at radius 1 is 1.35 bits per heavy atom. The van der Waals surface area contributed by atoms with Gasteiger partial charge in [-0.05, 0) is 67.2 Å². The highest BCUT2D eigenvalue weighted by atomic mass is 35.5. The molecule has 0 spiro atoms. The van der Waals surface area contributed by atoms with E-state index in [1.54, 1.807) is 28.0 Å². The number of aryl methyl sites for hydroxylation is 1. The molecule has 8 heteroatoms. The Hall–Kier alpha value is -1.96. The molecule has 0 saturated carbocycles. The van der Waals surface area contributed by atoms with Gasteiger partial charge in [-0.25, -0.2) is 14.1 Å². The van der Waals surface area contributed by atoms with Crippen molar-refractivity contribution in [3.8, 4) is 5.69 Å². The van der Waals surface area contributed by atoms with Crippen molar-refractivity contribution in [2.75, 3.05) is 0 Å². The number of nitrogens with one attached hydrogen (secondary N) is 1. The monoisotopic (exact) mass is 402 g/mol. The van der Waals surface area contributed by atoms with Crippen molar-refractivity contribution in [2.24, 2.45) is 5.92 Å². The fraction of sp³-hybridized carbons (Fsp3) is 0.278. The SMILES string of the molecule is CC1CCc2sc3c(c2C1)c(=O)n(-c1ccc(Cl)cc1)c1n[nH]c(=S)n31. The van der Waals surface area contributed by atoms with E-state index in [0.717, 1.165) is 35.2 Å². The molecule has 0 radical (unpaired) electrons. The van der Waals surface area contributed by atoms with Gasteiger partial charge in [0.05, 0.1) is 11.1 Å². The van der Waals surface area contributed by atoms with Crippen LogP contribution < -0.4 is 5.56 Å². The van der Waals surface area contributed by atoms with E-state index in [1.807, 2.05) is 16.5 Å². The fourth-order valence-electron chi connectivity index (χ4n) is 3.77. The number of hydrogen-bond donors (Lipinski definition) is 1. The van der Waals surface area contributed by atoms with E-state index in [-0.39, 0.29) is 5.56 Å². The average molecular weight is 403 g/mol. The summed E-state index contributed by atoms with van der Waals surface area (Å²) in [5.41, 5.74) is 1.86. The largest absolute Gasteiger partial charge is 0.268 e. The van der Waals surface area contributed by atoms with Crippen molar-refractivity contribution >= 4 is 51.1 Å². The molecule has 1 unspecified atom stereocenters. The summed E-state index contributed by atoms with van der Waals surface area (Å²) in [6.45, 7) is 2.24. The Labute approximate surface area is 162 Å². The van der Waals surface area contributed by atoms with Crippen molar-refractivity contribution in [1.29, 1.82) is 0 Å². The molecule has 132 valence electrons. The Bertz CT molecular complexity index is 1280. The zero-order valence-corrected chi connectivity index (χ0v) is 16.3. The molecule has 4 aromatic rings. The lowest BCUT2D eigenvalue weighted by Crippen LogP contribution is -2.22. The van der Waals surface area contributed by atoms with Crippen molar-refractivity contribution in [3.63, 3.8) is 0 Å². The van der Waals surface area contributed by atoms with Crippen molar-refractivity contribution in [3.05, 3.63) is 54.9 Å². The van der Waals surface area contributed by atoms with Crippen LogP contribution in [0.1, 0.15) is 23.8 Å². The maximum atomic E-state index is 13.5. The summed E-state index contributed by atoms with van der Waals surface area (Å²) in [5, 5.41) is 8.57. The third-order valence-corrected chi connectivity index (χ3v) is 6.85. The Balaban J connectivity index is 1.97. The van der Waals surface area contributed by atoms with E-state index >= 15 is 0 Å². The number of halogens is 1. The molecule has 3 heterocycles. The third kappa shape index (κ3) is 2.24. The highest BCUT2D eigenvalue weighted by Gasteiger charge is 2.26. The minimum atomic E-state index is -0.0459. The standard InChI is InChI=1S/C18H15ClN4OS2/c1-9-2-7-13-12(8-9)14-15(24)22(11-5-3-10(19)4-6-11)17-20-21-18(25)23(17)16(14)26-13/h3-6,9H,2,7-8H2,1H3,(H,21,25). The molecule has 1 aromatic carbocycles. The van der Waals surface area contributed by atoms with Crippen molar-refractivity contribution in [2.45, 2.75) is 26.2 Å². The van der Waals surface area contributed by atoms with Gasteiger partial charge in [0.2, 0.25) is 10.5 Å². The molecule has 5 rings (SSSR count). The number of aromatic nitrogens is 4. The summed E-state index contributed by atoms with van der Waals surface area (Å²) < 4.78 is 4.00.